The highest BCUT2D eigenvalue weighted by atomic mass is 32.2. The number of rotatable bonds is 4. The van der Waals surface area contributed by atoms with Crippen LogP contribution in [0, 0.1) is 12.8 Å². The summed E-state index contributed by atoms with van der Waals surface area (Å²) in [6.07, 6.45) is 2.63. The van der Waals surface area contributed by atoms with E-state index in [0.717, 1.165) is 5.56 Å². The summed E-state index contributed by atoms with van der Waals surface area (Å²) in [4.78, 5) is 11.9. The van der Waals surface area contributed by atoms with Crippen LogP contribution in [0.5, 0.6) is 0 Å². The molecule has 2 nitrogen and oxygen atoms in total. The van der Waals surface area contributed by atoms with Crippen LogP contribution in [0.15, 0.2) is 23.1 Å². The molecule has 0 saturated carbocycles. The molecule has 0 spiro atoms. The summed E-state index contributed by atoms with van der Waals surface area (Å²) in [5.74, 6) is -1.05. The largest absolute Gasteiger partial charge is 0.481 e. The van der Waals surface area contributed by atoms with Gasteiger partial charge >= 0.3 is 5.97 Å². The fourth-order valence-corrected chi connectivity index (χ4v) is 2.09. The molecule has 1 atom stereocenters. The maximum absolute atomic E-state index is 10.7. The molecule has 1 aromatic carbocycles. The third kappa shape index (κ3) is 3.27. The smallest absolute Gasteiger partial charge is 0.306 e. The van der Waals surface area contributed by atoms with Crippen molar-refractivity contribution in [2.24, 2.45) is 5.92 Å². The van der Waals surface area contributed by atoms with Gasteiger partial charge in [0.05, 0.1) is 5.92 Å². The van der Waals surface area contributed by atoms with Gasteiger partial charge in [0.15, 0.2) is 0 Å². The van der Waals surface area contributed by atoms with Crippen LogP contribution in [0.2, 0.25) is 0 Å². The van der Waals surface area contributed by atoms with Crippen LogP contribution in [0.4, 0.5) is 0 Å². The van der Waals surface area contributed by atoms with Crippen molar-refractivity contribution in [1.29, 1.82) is 0 Å². The first-order valence-electron chi connectivity index (χ1n) is 4.91. The number of thioether (sulfide) groups is 1. The normalized spacial score (nSPS) is 12.5. The van der Waals surface area contributed by atoms with Crippen LogP contribution in [0.25, 0.3) is 0 Å². The summed E-state index contributed by atoms with van der Waals surface area (Å²) >= 11 is 1.70. The molecule has 1 N–H and O–H groups in total. The van der Waals surface area contributed by atoms with Crippen molar-refractivity contribution < 1.29 is 9.90 Å². The highest BCUT2D eigenvalue weighted by Crippen LogP contribution is 2.22. The SMILES string of the molecule is CSc1cc(CC(C)C(=O)O)ccc1C. The quantitative estimate of drug-likeness (QED) is 0.799. The van der Waals surface area contributed by atoms with Gasteiger partial charge < -0.3 is 5.11 Å². The number of benzene rings is 1. The van der Waals surface area contributed by atoms with Crippen molar-refractivity contribution in [2.75, 3.05) is 6.26 Å². The van der Waals surface area contributed by atoms with E-state index in [2.05, 4.69) is 19.1 Å². The van der Waals surface area contributed by atoms with Crippen molar-refractivity contribution in [3.8, 4) is 0 Å². The van der Waals surface area contributed by atoms with Crippen LogP contribution in [0.3, 0.4) is 0 Å². The first-order valence-corrected chi connectivity index (χ1v) is 6.13. The molecule has 0 aliphatic rings. The van der Waals surface area contributed by atoms with Crippen LogP contribution < -0.4 is 0 Å². The molecule has 0 fully saturated rings. The molecule has 0 aromatic heterocycles. The minimum Gasteiger partial charge on any atom is -0.481 e. The Kier molecular flexibility index (Phi) is 4.21. The number of hydrogen-bond donors (Lipinski definition) is 1. The lowest BCUT2D eigenvalue weighted by Crippen LogP contribution is -2.12. The lowest BCUT2D eigenvalue weighted by Gasteiger charge is -2.09. The molecule has 1 aromatic rings. The molecule has 0 saturated heterocycles. The molecular formula is C12H16O2S. The van der Waals surface area contributed by atoms with Gasteiger partial charge in [0.2, 0.25) is 0 Å². The third-order valence-corrected chi connectivity index (χ3v) is 3.32. The van der Waals surface area contributed by atoms with Crippen LogP contribution in [-0.2, 0) is 11.2 Å². The summed E-state index contributed by atoms with van der Waals surface area (Å²) < 4.78 is 0. The van der Waals surface area contributed by atoms with Gasteiger partial charge in [-0.05, 0) is 36.8 Å². The minimum atomic E-state index is -0.735. The molecule has 0 radical (unpaired) electrons. The fraction of sp³-hybridized carbons (Fsp3) is 0.417. The van der Waals surface area contributed by atoms with E-state index in [9.17, 15) is 4.79 Å². The summed E-state index contributed by atoms with van der Waals surface area (Å²) in [5.41, 5.74) is 2.34. The lowest BCUT2D eigenvalue weighted by molar-refractivity contribution is -0.141. The summed E-state index contributed by atoms with van der Waals surface area (Å²) in [6, 6.07) is 6.14. The topological polar surface area (TPSA) is 37.3 Å². The highest BCUT2D eigenvalue weighted by Gasteiger charge is 2.11. The average Bonchev–Trinajstić information content (AvgIpc) is 2.20. The average molecular weight is 224 g/mol. The predicted octanol–water partition coefficient (Wildman–Crippen LogP) is 2.98. The Labute approximate surface area is 94.7 Å². The first kappa shape index (κ1) is 12.1. The molecule has 1 unspecified atom stereocenters. The second kappa shape index (κ2) is 5.21. The van der Waals surface area contributed by atoms with E-state index in [-0.39, 0.29) is 5.92 Å². The van der Waals surface area contributed by atoms with Gasteiger partial charge in [-0.25, -0.2) is 0 Å². The predicted molar refractivity (Wildman–Crippen MR) is 63.5 cm³/mol. The zero-order chi connectivity index (χ0) is 11.4. The van der Waals surface area contributed by atoms with Crippen molar-refractivity contribution in [3.63, 3.8) is 0 Å². The van der Waals surface area contributed by atoms with Crippen molar-refractivity contribution in [3.05, 3.63) is 29.3 Å². The molecule has 0 aliphatic carbocycles. The zero-order valence-corrected chi connectivity index (χ0v) is 10.1. The summed E-state index contributed by atoms with van der Waals surface area (Å²) in [7, 11) is 0. The van der Waals surface area contributed by atoms with E-state index in [4.69, 9.17) is 5.11 Å². The summed E-state index contributed by atoms with van der Waals surface area (Å²) in [5, 5.41) is 8.82. The Hall–Kier alpha value is -0.960. The maximum Gasteiger partial charge on any atom is 0.306 e. The molecule has 1 rings (SSSR count). The Morgan fingerprint density at radius 1 is 1.53 bits per heavy atom. The van der Waals surface area contributed by atoms with Gasteiger partial charge in [-0.1, -0.05) is 19.1 Å². The van der Waals surface area contributed by atoms with Gasteiger partial charge in [0.25, 0.3) is 0 Å². The maximum atomic E-state index is 10.7. The first-order chi connectivity index (χ1) is 7.04. The second-order valence-electron chi connectivity index (χ2n) is 3.75. The molecule has 0 aliphatic heterocycles. The fourth-order valence-electron chi connectivity index (χ4n) is 1.43. The second-order valence-corrected chi connectivity index (χ2v) is 4.60. The number of carboxylic acid groups (broad SMARTS) is 1. The van der Waals surface area contributed by atoms with Crippen molar-refractivity contribution in [1.82, 2.24) is 0 Å². The molecule has 0 heterocycles. The number of aliphatic carboxylic acids is 1. The van der Waals surface area contributed by atoms with Gasteiger partial charge in [-0.15, -0.1) is 11.8 Å². The third-order valence-electron chi connectivity index (χ3n) is 2.44. The van der Waals surface area contributed by atoms with E-state index >= 15 is 0 Å². The number of hydrogen-bond acceptors (Lipinski definition) is 2. The molecule has 3 heteroatoms. The van der Waals surface area contributed by atoms with Crippen LogP contribution >= 0.6 is 11.8 Å². The zero-order valence-electron chi connectivity index (χ0n) is 9.28. The van der Waals surface area contributed by atoms with Crippen molar-refractivity contribution in [2.45, 2.75) is 25.2 Å². The van der Waals surface area contributed by atoms with E-state index in [0.29, 0.717) is 6.42 Å². The molecule has 0 bridgehead atoms. The Morgan fingerprint density at radius 3 is 2.73 bits per heavy atom. The number of aryl methyl sites for hydroxylation is 1. The number of carboxylic acids is 1. The van der Waals surface area contributed by atoms with Gasteiger partial charge in [0, 0.05) is 4.90 Å². The monoisotopic (exact) mass is 224 g/mol. The van der Waals surface area contributed by atoms with Crippen molar-refractivity contribution >= 4 is 17.7 Å². The van der Waals surface area contributed by atoms with E-state index < -0.39 is 5.97 Å². The van der Waals surface area contributed by atoms with Gasteiger partial charge in [0.1, 0.15) is 0 Å². The van der Waals surface area contributed by atoms with Crippen LogP contribution in [-0.4, -0.2) is 17.3 Å². The number of carbonyl (C=O) groups is 1. The molecular weight excluding hydrogens is 208 g/mol. The standard InChI is InChI=1S/C12H16O2S/c1-8-4-5-10(7-11(8)15-3)6-9(2)12(13)14/h4-5,7,9H,6H2,1-3H3,(H,13,14). The lowest BCUT2D eigenvalue weighted by atomic mass is 10.0. The molecule has 0 amide bonds. The minimum absolute atomic E-state index is 0.317. The Morgan fingerprint density at radius 2 is 2.20 bits per heavy atom. The van der Waals surface area contributed by atoms with E-state index in [1.807, 2.05) is 12.3 Å². The molecule has 15 heavy (non-hydrogen) atoms. The van der Waals surface area contributed by atoms with E-state index in [1.54, 1.807) is 18.7 Å². The Bertz CT molecular complexity index is 361. The van der Waals surface area contributed by atoms with E-state index in [1.165, 1.54) is 10.5 Å². The van der Waals surface area contributed by atoms with Crippen LogP contribution in [0.1, 0.15) is 18.1 Å². The molecule has 82 valence electrons. The summed E-state index contributed by atoms with van der Waals surface area (Å²) in [6.45, 7) is 3.80. The van der Waals surface area contributed by atoms with Gasteiger partial charge in [-0.2, -0.15) is 0 Å². The van der Waals surface area contributed by atoms with Gasteiger partial charge in [-0.3, -0.25) is 4.79 Å². The highest BCUT2D eigenvalue weighted by molar-refractivity contribution is 7.98. The Balaban J connectivity index is 2.83.